The SMILES string of the molecule is C=C(Nc1c(C)cc(C(F)(C(F)(F)F)C(F)(F)F)cc1OC(F)F)C(/C=C/C(=O)S)=C/C=N\N. The molecule has 0 radical (unpaired) electrons. The van der Waals surface area contributed by atoms with E-state index in [0.717, 1.165) is 25.3 Å². The number of carbonyl (C=O) groups is 1. The first-order valence-electron chi connectivity index (χ1n) is 8.68. The normalized spacial score (nSPS) is 13.7. The van der Waals surface area contributed by atoms with Gasteiger partial charge in [-0.1, -0.05) is 6.58 Å². The molecule has 0 bridgehead atoms. The molecular formula is C19H16F9N3O2S. The third-order valence-corrected chi connectivity index (χ3v) is 4.21. The molecule has 0 aromatic heterocycles. The minimum Gasteiger partial charge on any atom is -0.433 e. The molecule has 0 spiro atoms. The molecule has 0 unspecified atom stereocenters. The summed E-state index contributed by atoms with van der Waals surface area (Å²) >= 11 is 3.50. The molecule has 5 nitrogen and oxygen atoms in total. The quantitative estimate of drug-likeness (QED) is 0.0742. The van der Waals surface area contributed by atoms with Gasteiger partial charge in [0.2, 0.25) is 5.12 Å². The first kappa shape index (κ1) is 28.9. The minimum absolute atomic E-state index is 0.0218. The number of rotatable bonds is 9. The Morgan fingerprint density at radius 3 is 2.15 bits per heavy atom. The van der Waals surface area contributed by atoms with E-state index in [1.807, 2.05) is 0 Å². The maximum Gasteiger partial charge on any atom is 0.435 e. The lowest BCUT2D eigenvalue weighted by Gasteiger charge is -2.31. The number of carbonyl (C=O) groups excluding carboxylic acids is 1. The number of halogens is 9. The van der Waals surface area contributed by atoms with Crippen LogP contribution in [0.15, 0.2) is 53.3 Å². The average Bonchev–Trinajstić information content (AvgIpc) is 2.67. The molecule has 1 aromatic rings. The summed E-state index contributed by atoms with van der Waals surface area (Å²) in [6.07, 6.45) is -8.71. The summed E-state index contributed by atoms with van der Waals surface area (Å²) in [6, 6.07) is 0.0281. The van der Waals surface area contributed by atoms with Crippen molar-refractivity contribution >= 4 is 29.6 Å². The predicted octanol–water partition coefficient (Wildman–Crippen LogP) is 5.69. The monoisotopic (exact) mass is 521 g/mol. The van der Waals surface area contributed by atoms with Gasteiger partial charge in [0.25, 0.3) is 0 Å². The van der Waals surface area contributed by atoms with E-state index in [1.165, 1.54) is 6.08 Å². The van der Waals surface area contributed by atoms with Crippen LogP contribution in [0.25, 0.3) is 0 Å². The number of thiol groups is 1. The van der Waals surface area contributed by atoms with Gasteiger partial charge in [0.15, 0.2) is 0 Å². The van der Waals surface area contributed by atoms with Gasteiger partial charge in [0, 0.05) is 17.5 Å². The van der Waals surface area contributed by atoms with Crippen molar-refractivity contribution in [3.8, 4) is 5.75 Å². The number of allylic oxidation sites excluding steroid dienone is 2. The number of aryl methyl sites for hydroxylation is 1. The van der Waals surface area contributed by atoms with Crippen molar-refractivity contribution in [1.82, 2.24) is 0 Å². The molecule has 3 N–H and O–H groups in total. The maximum absolute atomic E-state index is 14.5. The zero-order chi connectivity index (χ0) is 26.5. The average molecular weight is 521 g/mol. The second kappa shape index (κ2) is 10.9. The molecule has 34 heavy (non-hydrogen) atoms. The second-order valence-corrected chi connectivity index (χ2v) is 6.83. The molecule has 15 heteroatoms. The number of hydrogen-bond acceptors (Lipinski definition) is 5. The van der Waals surface area contributed by atoms with Crippen LogP contribution in [0.5, 0.6) is 5.75 Å². The van der Waals surface area contributed by atoms with Crippen LogP contribution in [0, 0.1) is 6.92 Å². The Hall–Kier alpha value is -3.10. The van der Waals surface area contributed by atoms with Crippen LogP contribution in [-0.2, 0) is 10.5 Å². The molecule has 1 aromatic carbocycles. The summed E-state index contributed by atoms with van der Waals surface area (Å²) in [5.74, 6) is 3.73. The Kier molecular flexibility index (Phi) is 9.26. The molecule has 0 aliphatic heterocycles. The summed E-state index contributed by atoms with van der Waals surface area (Å²) in [5.41, 5.74) is -9.18. The van der Waals surface area contributed by atoms with Crippen molar-refractivity contribution in [3.05, 3.63) is 59.3 Å². The van der Waals surface area contributed by atoms with Gasteiger partial charge in [0.1, 0.15) is 5.75 Å². The fourth-order valence-corrected chi connectivity index (χ4v) is 2.63. The number of hydrazone groups is 1. The summed E-state index contributed by atoms with van der Waals surface area (Å²) < 4.78 is 123. The Morgan fingerprint density at radius 2 is 1.71 bits per heavy atom. The molecule has 0 amide bonds. The van der Waals surface area contributed by atoms with Gasteiger partial charge in [-0.25, -0.2) is 4.39 Å². The standard InChI is InChI=1S/C19H16F9N3O2S/c1-9-7-12(17(22,18(23,24)25)19(26,27)28)8-13(33-16(20)21)15(9)31-10(2)11(5-6-30-29)3-4-14(32)34/h3-8,16,31H,2,29H2,1H3,(H,32,34)/b4-3+,11-5+,30-6-. The highest BCUT2D eigenvalue weighted by atomic mass is 32.1. The zero-order valence-corrected chi connectivity index (χ0v) is 17.8. The number of nitrogens with zero attached hydrogens (tertiary/aromatic N) is 1. The number of benzene rings is 1. The van der Waals surface area contributed by atoms with Crippen LogP contribution < -0.4 is 15.9 Å². The van der Waals surface area contributed by atoms with Gasteiger partial charge in [-0.3, -0.25) is 4.79 Å². The molecule has 188 valence electrons. The Morgan fingerprint density at radius 1 is 1.15 bits per heavy atom. The minimum atomic E-state index is -6.47. The van der Waals surface area contributed by atoms with E-state index in [2.05, 4.69) is 34.4 Å². The van der Waals surface area contributed by atoms with Crippen LogP contribution in [0.1, 0.15) is 11.1 Å². The van der Waals surface area contributed by atoms with E-state index in [4.69, 9.17) is 5.84 Å². The van der Waals surface area contributed by atoms with E-state index < -0.39 is 52.3 Å². The Bertz CT molecular complexity index is 1000. The number of anilines is 1. The van der Waals surface area contributed by atoms with Gasteiger partial charge < -0.3 is 15.9 Å². The van der Waals surface area contributed by atoms with Gasteiger partial charge >= 0.3 is 24.6 Å². The summed E-state index contributed by atoms with van der Waals surface area (Å²) in [6.45, 7) is 0.766. The molecule has 0 fully saturated rings. The number of hydrogen-bond donors (Lipinski definition) is 3. The van der Waals surface area contributed by atoms with E-state index in [9.17, 15) is 44.3 Å². The van der Waals surface area contributed by atoms with E-state index >= 15 is 0 Å². The highest BCUT2D eigenvalue weighted by Gasteiger charge is 2.73. The van der Waals surface area contributed by atoms with E-state index in [0.29, 0.717) is 0 Å². The van der Waals surface area contributed by atoms with Gasteiger partial charge in [-0.2, -0.15) is 40.2 Å². The van der Waals surface area contributed by atoms with E-state index in [1.54, 1.807) is 0 Å². The lowest BCUT2D eigenvalue weighted by molar-refractivity contribution is -0.348. The van der Waals surface area contributed by atoms with Gasteiger partial charge in [-0.15, -0.1) is 12.6 Å². The Labute approximate surface area is 192 Å². The first-order valence-corrected chi connectivity index (χ1v) is 9.13. The summed E-state index contributed by atoms with van der Waals surface area (Å²) in [5, 5.41) is 4.82. The topological polar surface area (TPSA) is 76.7 Å². The fourth-order valence-electron chi connectivity index (χ4n) is 2.56. The van der Waals surface area contributed by atoms with Crippen molar-refractivity contribution in [2.75, 3.05) is 5.32 Å². The molecule has 0 aliphatic carbocycles. The zero-order valence-electron chi connectivity index (χ0n) is 16.9. The molecular weight excluding hydrogens is 505 g/mol. The van der Waals surface area contributed by atoms with Gasteiger partial charge in [-0.05, 0) is 48.4 Å². The Balaban J connectivity index is 3.69. The highest BCUT2D eigenvalue weighted by molar-refractivity contribution is 7.97. The third-order valence-electron chi connectivity index (χ3n) is 4.06. The van der Waals surface area contributed by atoms with E-state index in [-0.39, 0.29) is 23.4 Å². The highest BCUT2D eigenvalue weighted by Crippen LogP contribution is 2.54. The molecule has 0 saturated heterocycles. The van der Waals surface area contributed by atoms with Crippen molar-refractivity contribution in [2.24, 2.45) is 10.9 Å². The lowest BCUT2D eigenvalue weighted by Crippen LogP contribution is -2.50. The fraction of sp³-hybridized carbons (Fsp3) is 0.263. The second-order valence-electron chi connectivity index (χ2n) is 6.39. The van der Waals surface area contributed by atoms with Crippen LogP contribution in [0.2, 0.25) is 0 Å². The summed E-state index contributed by atoms with van der Waals surface area (Å²) in [7, 11) is 0. The molecule has 0 aliphatic rings. The largest absolute Gasteiger partial charge is 0.435 e. The third kappa shape index (κ3) is 6.71. The molecule has 0 heterocycles. The molecule has 1 rings (SSSR count). The van der Waals surface area contributed by atoms with Crippen molar-refractivity contribution < 1.29 is 49.0 Å². The van der Waals surface area contributed by atoms with Crippen molar-refractivity contribution in [3.63, 3.8) is 0 Å². The molecule has 0 atom stereocenters. The number of nitrogens with one attached hydrogen (secondary N) is 1. The number of alkyl halides is 9. The van der Waals surface area contributed by atoms with Gasteiger partial charge in [0.05, 0.1) is 5.69 Å². The van der Waals surface area contributed by atoms with Crippen molar-refractivity contribution in [1.29, 1.82) is 0 Å². The van der Waals surface area contributed by atoms with Crippen molar-refractivity contribution in [2.45, 2.75) is 31.6 Å². The first-order chi connectivity index (χ1) is 15.5. The summed E-state index contributed by atoms with van der Waals surface area (Å²) in [4.78, 5) is 11.0. The van der Waals surface area contributed by atoms with Crippen LogP contribution >= 0.6 is 12.6 Å². The van der Waals surface area contributed by atoms with Crippen LogP contribution in [0.3, 0.4) is 0 Å². The smallest absolute Gasteiger partial charge is 0.433 e. The van der Waals surface area contributed by atoms with Crippen LogP contribution in [-0.4, -0.2) is 30.3 Å². The van der Waals surface area contributed by atoms with Crippen LogP contribution in [0.4, 0.5) is 45.2 Å². The lowest BCUT2D eigenvalue weighted by atomic mass is 9.91. The maximum atomic E-state index is 14.5. The molecule has 0 saturated carbocycles. The number of ether oxygens (including phenoxy) is 1. The predicted molar refractivity (Wildman–Crippen MR) is 109 cm³/mol. The number of nitrogens with two attached hydrogens (primary N) is 1.